The number of rotatable bonds is 8. The normalized spacial score (nSPS) is 11.9. The van der Waals surface area contributed by atoms with E-state index in [4.69, 9.17) is 22.4 Å². The summed E-state index contributed by atoms with van der Waals surface area (Å²) >= 11 is 0. The molecule has 0 amide bonds. The standard InChI is InChI=1S/C13H20O9Si/c1-7-12(18-13(17)8(2)3)22-23(19-9(4)14,20-10(5)15)21-11(6)16/h12H,2,7H2,1,3-6H3. The average Bonchev–Trinajstić information content (AvgIpc) is 2.34. The fraction of sp³-hybridized carbons (Fsp3) is 0.538. The van der Waals surface area contributed by atoms with Crippen molar-refractivity contribution in [3.05, 3.63) is 12.2 Å². The molecule has 0 aliphatic carbocycles. The van der Waals surface area contributed by atoms with Crippen LogP contribution in [0, 0.1) is 0 Å². The molecule has 0 aromatic rings. The van der Waals surface area contributed by atoms with E-state index in [9.17, 15) is 19.2 Å². The molecule has 0 aliphatic rings. The molecule has 1 unspecified atom stereocenters. The van der Waals surface area contributed by atoms with E-state index < -0.39 is 39.2 Å². The second kappa shape index (κ2) is 9.05. The first-order valence-electron chi connectivity index (χ1n) is 6.64. The topological polar surface area (TPSA) is 114 Å². The van der Waals surface area contributed by atoms with Gasteiger partial charge in [0, 0.05) is 32.8 Å². The highest BCUT2D eigenvalue weighted by atomic mass is 28.4. The van der Waals surface area contributed by atoms with Crippen LogP contribution >= 0.6 is 0 Å². The lowest BCUT2D eigenvalue weighted by molar-refractivity contribution is -0.180. The first kappa shape index (κ1) is 20.8. The maximum absolute atomic E-state index is 11.6. The van der Waals surface area contributed by atoms with Gasteiger partial charge in [-0.25, -0.2) is 4.79 Å². The molecule has 23 heavy (non-hydrogen) atoms. The van der Waals surface area contributed by atoms with Gasteiger partial charge in [-0.1, -0.05) is 13.5 Å². The van der Waals surface area contributed by atoms with Crippen molar-refractivity contribution >= 4 is 32.9 Å². The molecule has 0 heterocycles. The minimum absolute atomic E-state index is 0.103. The lowest BCUT2D eigenvalue weighted by Gasteiger charge is -2.27. The van der Waals surface area contributed by atoms with E-state index in [1.807, 2.05) is 0 Å². The highest BCUT2D eigenvalue weighted by Gasteiger charge is 2.59. The van der Waals surface area contributed by atoms with Gasteiger partial charge < -0.3 is 18.0 Å². The molecule has 0 fully saturated rings. The number of hydrogen-bond donors (Lipinski definition) is 0. The highest BCUT2D eigenvalue weighted by Crippen LogP contribution is 2.19. The van der Waals surface area contributed by atoms with Crippen LogP contribution in [0.3, 0.4) is 0 Å². The van der Waals surface area contributed by atoms with Crippen molar-refractivity contribution < 1.29 is 41.6 Å². The summed E-state index contributed by atoms with van der Waals surface area (Å²) in [5, 5.41) is 0. The van der Waals surface area contributed by atoms with Crippen molar-refractivity contribution in [1.82, 2.24) is 0 Å². The summed E-state index contributed by atoms with van der Waals surface area (Å²) in [5.74, 6) is -3.48. The van der Waals surface area contributed by atoms with E-state index in [2.05, 4.69) is 6.58 Å². The van der Waals surface area contributed by atoms with Crippen molar-refractivity contribution in [3.63, 3.8) is 0 Å². The zero-order valence-electron chi connectivity index (χ0n) is 13.7. The van der Waals surface area contributed by atoms with Gasteiger partial charge in [0.05, 0.1) is 0 Å². The Hall–Kier alpha value is -2.20. The summed E-state index contributed by atoms with van der Waals surface area (Å²) in [6.45, 7) is 9.46. The predicted octanol–water partition coefficient (Wildman–Crippen LogP) is 0.983. The molecule has 9 nitrogen and oxygen atoms in total. The first-order valence-corrected chi connectivity index (χ1v) is 8.27. The Balaban J connectivity index is 5.46. The van der Waals surface area contributed by atoms with Crippen LogP contribution in [0.4, 0.5) is 0 Å². The number of ether oxygens (including phenoxy) is 1. The zero-order chi connectivity index (χ0) is 18.2. The van der Waals surface area contributed by atoms with Crippen LogP contribution in [0.2, 0.25) is 0 Å². The third-order valence-corrected chi connectivity index (χ3v) is 4.17. The minimum Gasteiger partial charge on any atom is -0.433 e. The third-order valence-electron chi connectivity index (χ3n) is 2.00. The Morgan fingerprint density at radius 2 is 1.30 bits per heavy atom. The molecule has 130 valence electrons. The molecule has 0 aliphatic heterocycles. The Labute approximate surface area is 135 Å². The summed E-state index contributed by atoms with van der Waals surface area (Å²) < 4.78 is 24.7. The lowest BCUT2D eigenvalue weighted by Crippen LogP contribution is -2.54. The van der Waals surface area contributed by atoms with E-state index in [-0.39, 0.29) is 12.0 Å². The van der Waals surface area contributed by atoms with Crippen molar-refractivity contribution in [2.24, 2.45) is 0 Å². The molecule has 0 radical (unpaired) electrons. The number of hydrogen-bond acceptors (Lipinski definition) is 9. The van der Waals surface area contributed by atoms with Crippen LogP contribution in [0.5, 0.6) is 0 Å². The molecule has 0 spiro atoms. The van der Waals surface area contributed by atoms with Gasteiger partial charge in [-0.3, -0.25) is 18.8 Å². The van der Waals surface area contributed by atoms with Gasteiger partial charge in [0.25, 0.3) is 17.9 Å². The van der Waals surface area contributed by atoms with Crippen molar-refractivity contribution in [3.8, 4) is 0 Å². The van der Waals surface area contributed by atoms with E-state index in [1.54, 1.807) is 6.92 Å². The Morgan fingerprint density at radius 1 is 0.913 bits per heavy atom. The lowest BCUT2D eigenvalue weighted by atomic mass is 10.3. The Bertz CT molecular complexity index is 459. The maximum atomic E-state index is 11.6. The molecular formula is C13H20O9Si. The fourth-order valence-corrected chi connectivity index (χ4v) is 3.10. The number of carbonyl (C=O) groups is 4. The minimum atomic E-state index is -4.53. The number of esters is 1. The third kappa shape index (κ3) is 8.12. The fourth-order valence-electron chi connectivity index (χ4n) is 1.23. The molecular weight excluding hydrogens is 328 g/mol. The molecule has 0 bridgehead atoms. The average molecular weight is 348 g/mol. The monoisotopic (exact) mass is 348 g/mol. The molecule has 10 heteroatoms. The van der Waals surface area contributed by atoms with E-state index in [1.165, 1.54) is 6.92 Å². The van der Waals surface area contributed by atoms with Gasteiger partial charge in [0.1, 0.15) is 0 Å². The summed E-state index contributed by atoms with van der Waals surface area (Å²) in [7, 11) is -4.53. The number of carbonyl (C=O) groups excluding carboxylic acids is 4. The summed E-state index contributed by atoms with van der Waals surface area (Å²) in [6, 6.07) is 0. The Kier molecular flexibility index (Phi) is 8.19. The molecule has 0 rings (SSSR count). The predicted molar refractivity (Wildman–Crippen MR) is 77.1 cm³/mol. The van der Waals surface area contributed by atoms with Crippen molar-refractivity contribution in [2.75, 3.05) is 0 Å². The molecule has 0 saturated carbocycles. The second-order valence-corrected chi connectivity index (χ2v) is 6.27. The maximum Gasteiger partial charge on any atom is 0.901 e. The molecule has 1 atom stereocenters. The molecule has 0 aromatic carbocycles. The largest absolute Gasteiger partial charge is 0.901 e. The van der Waals surface area contributed by atoms with Crippen LogP contribution in [0.25, 0.3) is 0 Å². The van der Waals surface area contributed by atoms with Gasteiger partial charge >= 0.3 is 15.0 Å². The van der Waals surface area contributed by atoms with E-state index in [0.717, 1.165) is 20.8 Å². The molecule has 0 saturated heterocycles. The van der Waals surface area contributed by atoms with Crippen LogP contribution in [0.15, 0.2) is 12.2 Å². The van der Waals surface area contributed by atoms with Crippen molar-refractivity contribution in [2.45, 2.75) is 47.3 Å². The van der Waals surface area contributed by atoms with Gasteiger partial charge in [-0.2, -0.15) is 0 Å². The van der Waals surface area contributed by atoms with Crippen LogP contribution in [0.1, 0.15) is 41.0 Å². The van der Waals surface area contributed by atoms with Gasteiger partial charge in [-0.05, 0) is 6.92 Å². The van der Waals surface area contributed by atoms with Crippen LogP contribution < -0.4 is 0 Å². The smallest absolute Gasteiger partial charge is 0.433 e. The summed E-state index contributed by atoms with van der Waals surface area (Å²) in [5.41, 5.74) is 0.103. The van der Waals surface area contributed by atoms with Gasteiger partial charge in [0.2, 0.25) is 6.29 Å². The summed E-state index contributed by atoms with van der Waals surface area (Å²) in [4.78, 5) is 45.3. The van der Waals surface area contributed by atoms with E-state index >= 15 is 0 Å². The first-order chi connectivity index (χ1) is 10.5. The van der Waals surface area contributed by atoms with Crippen molar-refractivity contribution in [1.29, 1.82) is 0 Å². The molecule has 0 aromatic heterocycles. The quantitative estimate of drug-likeness (QED) is 0.274. The second-order valence-electron chi connectivity index (χ2n) is 4.42. The zero-order valence-corrected chi connectivity index (χ0v) is 14.7. The van der Waals surface area contributed by atoms with Gasteiger partial charge in [-0.15, -0.1) is 0 Å². The van der Waals surface area contributed by atoms with E-state index in [0.29, 0.717) is 0 Å². The van der Waals surface area contributed by atoms with Crippen LogP contribution in [-0.4, -0.2) is 39.2 Å². The summed E-state index contributed by atoms with van der Waals surface area (Å²) in [6.07, 6.45) is -1.17. The van der Waals surface area contributed by atoms with Gasteiger partial charge in [0.15, 0.2) is 0 Å². The molecule has 0 N–H and O–H groups in total. The van der Waals surface area contributed by atoms with Crippen LogP contribution in [-0.2, 0) is 41.6 Å². The Morgan fingerprint density at radius 3 is 1.57 bits per heavy atom. The highest BCUT2D eigenvalue weighted by molar-refractivity contribution is 6.59. The SMILES string of the molecule is C=C(C)C(=O)OC(CC)O[Si](OC(C)=O)(OC(C)=O)OC(C)=O.